The van der Waals surface area contributed by atoms with E-state index in [1.165, 1.54) is 12.8 Å². The highest BCUT2D eigenvalue weighted by atomic mass is 16.5. The molecule has 0 radical (unpaired) electrons. The molecule has 3 aliphatic carbocycles. The molecular formula is C14H22O2. The highest BCUT2D eigenvalue weighted by molar-refractivity contribution is 5.78. The summed E-state index contributed by atoms with van der Waals surface area (Å²) in [4.78, 5) is 11.9. The summed E-state index contributed by atoms with van der Waals surface area (Å²) < 4.78 is 5.22. The number of carbonyl (C=O) groups excluding carboxylic acids is 1. The molecule has 90 valence electrons. The molecule has 3 fully saturated rings. The molecule has 3 rings (SSSR count). The van der Waals surface area contributed by atoms with Crippen LogP contribution in [0, 0.1) is 34.5 Å². The normalized spacial score (nSPS) is 51.2. The van der Waals surface area contributed by atoms with Gasteiger partial charge in [0.1, 0.15) is 0 Å². The van der Waals surface area contributed by atoms with Crippen LogP contribution < -0.4 is 0 Å². The molecule has 0 saturated heterocycles. The largest absolute Gasteiger partial charge is 0.466 e. The molecule has 0 amide bonds. The standard InChI is InChI=1S/C14H22O2/c1-5-16-12(15)11-10-9-8(13(9,2)3)6-7-14(10,11)4/h8-11H,5-7H2,1-4H3/t8-,9-,10-,11?,14-/m1/s1. The zero-order valence-corrected chi connectivity index (χ0v) is 10.7. The lowest BCUT2D eigenvalue weighted by Gasteiger charge is -2.15. The molecule has 5 atom stereocenters. The Morgan fingerprint density at radius 1 is 1.31 bits per heavy atom. The molecule has 0 spiro atoms. The van der Waals surface area contributed by atoms with E-state index in [9.17, 15) is 4.79 Å². The first-order chi connectivity index (χ1) is 7.44. The maximum Gasteiger partial charge on any atom is 0.309 e. The molecule has 2 heteroatoms. The SMILES string of the molecule is CCOC(=O)C1[C@H]2[C@H]3[C@@H](CC[C@@]12C)C3(C)C. The van der Waals surface area contributed by atoms with Gasteiger partial charge in [0.05, 0.1) is 12.5 Å². The molecule has 0 bridgehead atoms. The average molecular weight is 222 g/mol. The van der Waals surface area contributed by atoms with E-state index in [1.54, 1.807) is 0 Å². The van der Waals surface area contributed by atoms with Crippen LogP contribution >= 0.6 is 0 Å². The maximum absolute atomic E-state index is 11.9. The Labute approximate surface area is 97.7 Å². The van der Waals surface area contributed by atoms with Crippen LogP contribution in [0.25, 0.3) is 0 Å². The zero-order chi connectivity index (χ0) is 11.7. The van der Waals surface area contributed by atoms with Crippen molar-refractivity contribution >= 4 is 5.97 Å². The van der Waals surface area contributed by atoms with E-state index in [4.69, 9.17) is 4.74 Å². The molecule has 0 aromatic rings. The van der Waals surface area contributed by atoms with E-state index in [0.29, 0.717) is 17.9 Å². The number of fused-ring (bicyclic) bond motifs is 3. The molecule has 0 aromatic carbocycles. The van der Waals surface area contributed by atoms with Crippen molar-refractivity contribution in [2.24, 2.45) is 34.5 Å². The predicted octanol–water partition coefficient (Wildman–Crippen LogP) is 2.87. The summed E-state index contributed by atoms with van der Waals surface area (Å²) in [6.07, 6.45) is 2.55. The second-order valence-corrected chi connectivity index (χ2v) is 6.75. The second-order valence-electron chi connectivity index (χ2n) is 6.75. The lowest BCUT2D eigenvalue weighted by molar-refractivity contribution is -0.145. The first-order valence-electron chi connectivity index (χ1n) is 6.61. The first-order valence-corrected chi connectivity index (χ1v) is 6.61. The minimum atomic E-state index is 0.0679. The van der Waals surface area contributed by atoms with Gasteiger partial charge in [0.25, 0.3) is 0 Å². The Hall–Kier alpha value is -0.530. The van der Waals surface area contributed by atoms with Crippen molar-refractivity contribution in [2.75, 3.05) is 6.61 Å². The Balaban J connectivity index is 1.79. The minimum absolute atomic E-state index is 0.0679. The van der Waals surface area contributed by atoms with Gasteiger partial charge in [-0.3, -0.25) is 4.79 Å². The number of rotatable bonds is 2. The van der Waals surface area contributed by atoms with Crippen molar-refractivity contribution in [3.63, 3.8) is 0 Å². The third-order valence-electron chi connectivity index (χ3n) is 5.78. The van der Waals surface area contributed by atoms with E-state index in [2.05, 4.69) is 20.8 Å². The summed E-state index contributed by atoms with van der Waals surface area (Å²) in [6, 6.07) is 0. The number of esters is 1. The van der Waals surface area contributed by atoms with Gasteiger partial charge in [-0.15, -0.1) is 0 Å². The van der Waals surface area contributed by atoms with E-state index in [-0.39, 0.29) is 17.3 Å². The van der Waals surface area contributed by atoms with Gasteiger partial charge in [0, 0.05) is 0 Å². The van der Waals surface area contributed by atoms with Crippen molar-refractivity contribution in [2.45, 2.75) is 40.5 Å². The molecule has 3 aliphatic rings. The Morgan fingerprint density at radius 3 is 2.62 bits per heavy atom. The molecule has 0 heterocycles. The van der Waals surface area contributed by atoms with E-state index in [0.717, 1.165) is 11.8 Å². The van der Waals surface area contributed by atoms with Crippen molar-refractivity contribution in [1.29, 1.82) is 0 Å². The fourth-order valence-corrected chi connectivity index (χ4v) is 4.71. The van der Waals surface area contributed by atoms with Crippen molar-refractivity contribution in [3.8, 4) is 0 Å². The molecule has 0 aromatic heterocycles. The summed E-state index contributed by atoms with van der Waals surface area (Å²) >= 11 is 0. The molecule has 1 unspecified atom stereocenters. The Kier molecular flexibility index (Phi) is 1.88. The van der Waals surface area contributed by atoms with Crippen LogP contribution in [-0.2, 0) is 9.53 Å². The minimum Gasteiger partial charge on any atom is -0.466 e. The van der Waals surface area contributed by atoms with E-state index < -0.39 is 0 Å². The lowest BCUT2D eigenvalue weighted by atomic mass is 9.90. The molecule has 0 aliphatic heterocycles. The summed E-state index contributed by atoms with van der Waals surface area (Å²) in [5.41, 5.74) is 0.769. The quantitative estimate of drug-likeness (QED) is 0.672. The van der Waals surface area contributed by atoms with Crippen LogP contribution in [0.5, 0.6) is 0 Å². The van der Waals surface area contributed by atoms with Gasteiger partial charge in [-0.25, -0.2) is 0 Å². The highest BCUT2D eigenvalue weighted by Gasteiger charge is 2.79. The third kappa shape index (κ3) is 1.06. The van der Waals surface area contributed by atoms with Gasteiger partial charge in [-0.1, -0.05) is 20.8 Å². The molecular weight excluding hydrogens is 200 g/mol. The van der Waals surface area contributed by atoms with Crippen LogP contribution in [0.3, 0.4) is 0 Å². The zero-order valence-electron chi connectivity index (χ0n) is 10.7. The Bertz CT molecular complexity index is 347. The van der Waals surface area contributed by atoms with Crippen molar-refractivity contribution in [3.05, 3.63) is 0 Å². The summed E-state index contributed by atoms with van der Waals surface area (Å²) in [7, 11) is 0. The van der Waals surface area contributed by atoms with E-state index in [1.807, 2.05) is 6.92 Å². The van der Waals surface area contributed by atoms with Crippen LogP contribution in [0.4, 0.5) is 0 Å². The Morgan fingerprint density at radius 2 is 2.00 bits per heavy atom. The monoisotopic (exact) mass is 222 g/mol. The smallest absolute Gasteiger partial charge is 0.309 e. The van der Waals surface area contributed by atoms with Gasteiger partial charge in [-0.2, -0.15) is 0 Å². The summed E-state index contributed by atoms with van der Waals surface area (Å²) in [6.45, 7) is 9.46. The summed E-state index contributed by atoms with van der Waals surface area (Å²) in [5.74, 6) is 2.58. The van der Waals surface area contributed by atoms with E-state index >= 15 is 0 Å². The fourth-order valence-electron chi connectivity index (χ4n) is 4.71. The predicted molar refractivity (Wildman–Crippen MR) is 61.7 cm³/mol. The molecule has 3 saturated carbocycles. The lowest BCUT2D eigenvalue weighted by Crippen LogP contribution is -2.12. The second kappa shape index (κ2) is 2.83. The van der Waals surface area contributed by atoms with Crippen LogP contribution in [0.1, 0.15) is 40.5 Å². The van der Waals surface area contributed by atoms with Gasteiger partial charge >= 0.3 is 5.97 Å². The number of ether oxygens (including phenoxy) is 1. The fraction of sp³-hybridized carbons (Fsp3) is 0.929. The van der Waals surface area contributed by atoms with Gasteiger partial charge < -0.3 is 4.74 Å². The number of hydrogen-bond acceptors (Lipinski definition) is 2. The molecule has 0 N–H and O–H groups in total. The molecule has 2 nitrogen and oxygen atoms in total. The third-order valence-corrected chi connectivity index (χ3v) is 5.78. The van der Waals surface area contributed by atoms with Crippen molar-refractivity contribution in [1.82, 2.24) is 0 Å². The average Bonchev–Trinajstić information content (AvgIpc) is 2.98. The van der Waals surface area contributed by atoms with Gasteiger partial charge in [0.15, 0.2) is 0 Å². The first kappa shape index (κ1) is 10.6. The number of hydrogen-bond donors (Lipinski definition) is 0. The van der Waals surface area contributed by atoms with Gasteiger partial charge in [0.2, 0.25) is 0 Å². The van der Waals surface area contributed by atoms with Crippen LogP contribution in [0.15, 0.2) is 0 Å². The van der Waals surface area contributed by atoms with Crippen molar-refractivity contribution < 1.29 is 9.53 Å². The highest BCUT2D eigenvalue weighted by Crippen LogP contribution is 2.81. The maximum atomic E-state index is 11.9. The summed E-state index contributed by atoms with van der Waals surface area (Å²) in [5, 5.41) is 0. The van der Waals surface area contributed by atoms with Crippen LogP contribution in [-0.4, -0.2) is 12.6 Å². The topological polar surface area (TPSA) is 26.3 Å². The van der Waals surface area contributed by atoms with Gasteiger partial charge in [-0.05, 0) is 48.3 Å². The number of carbonyl (C=O) groups is 1. The van der Waals surface area contributed by atoms with Crippen LogP contribution in [0.2, 0.25) is 0 Å². The molecule has 16 heavy (non-hydrogen) atoms.